The number of rotatable bonds is 11. The van der Waals surface area contributed by atoms with E-state index in [1.165, 1.54) is 0 Å². The fourth-order valence-electron chi connectivity index (χ4n) is 2.16. The molecule has 0 aliphatic rings. The molecule has 8 heteroatoms. The third kappa shape index (κ3) is 7.89. The normalized spacial score (nSPS) is 11.8. The van der Waals surface area contributed by atoms with Gasteiger partial charge in [0.1, 0.15) is 25.1 Å². The number of para-hydroxylation sites is 1. The average molecular weight is 387 g/mol. The van der Waals surface area contributed by atoms with Crippen LogP contribution in [0.2, 0.25) is 0 Å². The molecule has 3 N–H and O–H groups in total. The summed E-state index contributed by atoms with van der Waals surface area (Å²) in [5.41, 5.74) is 4.56. The van der Waals surface area contributed by atoms with Gasteiger partial charge in [0.15, 0.2) is 5.82 Å². The Hall–Kier alpha value is -2.71. The Morgan fingerprint density at radius 2 is 1.89 bits per heavy atom. The zero-order valence-electron chi connectivity index (χ0n) is 16.8. The van der Waals surface area contributed by atoms with E-state index in [2.05, 4.69) is 26.0 Å². The molecule has 0 amide bonds. The molecule has 2 rings (SSSR count). The van der Waals surface area contributed by atoms with Crippen LogP contribution in [0.15, 0.2) is 41.5 Å². The molecule has 1 heterocycles. The Bertz CT molecular complexity index is 746. The third-order valence-corrected chi connectivity index (χ3v) is 3.58. The van der Waals surface area contributed by atoms with Gasteiger partial charge in [-0.3, -0.25) is 5.43 Å². The highest BCUT2D eigenvalue weighted by molar-refractivity contribution is 5.79. The maximum Gasteiger partial charge on any atom is 0.233 e. The molecule has 1 unspecified atom stereocenters. The smallest absolute Gasteiger partial charge is 0.233 e. The second kappa shape index (κ2) is 11.2. The molecule has 0 saturated heterocycles. The van der Waals surface area contributed by atoms with E-state index in [1.54, 1.807) is 12.1 Å². The van der Waals surface area contributed by atoms with E-state index in [4.69, 9.17) is 9.47 Å². The van der Waals surface area contributed by atoms with E-state index < -0.39 is 6.10 Å². The predicted molar refractivity (Wildman–Crippen MR) is 110 cm³/mol. The lowest BCUT2D eigenvalue weighted by Crippen LogP contribution is -2.35. The minimum atomic E-state index is -0.586. The molecule has 2 aromatic rings. The fourth-order valence-corrected chi connectivity index (χ4v) is 2.16. The summed E-state index contributed by atoms with van der Waals surface area (Å²) in [4.78, 5) is 0. The molecule has 0 fully saturated rings. The lowest BCUT2D eigenvalue weighted by Gasteiger charge is -2.16. The van der Waals surface area contributed by atoms with E-state index in [0.29, 0.717) is 30.0 Å². The summed E-state index contributed by atoms with van der Waals surface area (Å²) in [5.74, 6) is 1.62. The number of hydrogen-bond donors (Lipinski definition) is 3. The van der Waals surface area contributed by atoms with Crippen molar-refractivity contribution in [1.82, 2.24) is 15.5 Å². The van der Waals surface area contributed by atoms with Gasteiger partial charge < -0.3 is 19.9 Å². The molecule has 0 spiro atoms. The molecule has 152 valence electrons. The number of aromatic nitrogens is 2. The number of hydrazone groups is 1. The fraction of sp³-hybridized carbons (Fsp3) is 0.450. The molecule has 0 bridgehead atoms. The molecule has 8 nitrogen and oxygen atoms in total. The van der Waals surface area contributed by atoms with E-state index in [9.17, 15) is 5.11 Å². The van der Waals surface area contributed by atoms with Crippen molar-refractivity contribution in [1.29, 1.82) is 0 Å². The van der Waals surface area contributed by atoms with Crippen LogP contribution < -0.4 is 20.2 Å². The Morgan fingerprint density at radius 1 is 1.11 bits per heavy atom. The number of anilines is 1. The summed E-state index contributed by atoms with van der Waals surface area (Å²) < 4.78 is 11.5. The lowest BCUT2D eigenvalue weighted by molar-refractivity contribution is 0.103. The average Bonchev–Trinajstić information content (AvgIpc) is 2.69. The number of ether oxygens (including phenoxy) is 2. The minimum absolute atomic E-state index is 0.203. The first kappa shape index (κ1) is 21.6. The van der Waals surface area contributed by atoms with Crippen molar-refractivity contribution in [3.05, 3.63) is 42.0 Å². The van der Waals surface area contributed by atoms with E-state index in [0.717, 1.165) is 11.3 Å². The van der Waals surface area contributed by atoms with E-state index >= 15 is 0 Å². The van der Waals surface area contributed by atoms with Gasteiger partial charge in [0.25, 0.3) is 0 Å². The van der Waals surface area contributed by atoms with Crippen molar-refractivity contribution in [3.63, 3.8) is 0 Å². The summed E-state index contributed by atoms with van der Waals surface area (Å²) in [6.45, 7) is 8.80. The van der Waals surface area contributed by atoms with Crippen LogP contribution in [0.1, 0.15) is 33.3 Å². The van der Waals surface area contributed by atoms with Gasteiger partial charge in [-0.25, -0.2) is 0 Å². The van der Waals surface area contributed by atoms with Gasteiger partial charge in [0.05, 0.1) is 0 Å². The number of nitrogens with zero attached hydrogens (tertiary/aromatic N) is 3. The molecule has 0 aliphatic carbocycles. The van der Waals surface area contributed by atoms with Crippen LogP contribution in [0.4, 0.5) is 5.82 Å². The van der Waals surface area contributed by atoms with E-state index in [-0.39, 0.29) is 13.2 Å². The van der Waals surface area contributed by atoms with Gasteiger partial charge in [-0.15, -0.1) is 10.2 Å². The maximum absolute atomic E-state index is 10.0. The lowest BCUT2D eigenvalue weighted by atomic mass is 10.2. The highest BCUT2D eigenvalue weighted by Gasteiger charge is 2.09. The van der Waals surface area contributed by atoms with Crippen molar-refractivity contribution in [2.45, 2.75) is 46.4 Å². The van der Waals surface area contributed by atoms with Crippen LogP contribution >= 0.6 is 0 Å². The number of hydrogen-bond acceptors (Lipinski definition) is 8. The highest BCUT2D eigenvalue weighted by Crippen LogP contribution is 2.20. The quantitative estimate of drug-likeness (QED) is 0.402. The first-order valence-corrected chi connectivity index (χ1v) is 9.29. The Balaban J connectivity index is 1.88. The highest BCUT2D eigenvalue weighted by atomic mass is 16.5. The van der Waals surface area contributed by atoms with Gasteiger partial charge in [-0.05, 0) is 26.0 Å². The van der Waals surface area contributed by atoms with E-state index in [1.807, 2.05) is 52.0 Å². The number of aliphatic hydroxyl groups is 1. The monoisotopic (exact) mass is 387 g/mol. The maximum atomic E-state index is 10.0. The van der Waals surface area contributed by atoms with Crippen LogP contribution in [-0.2, 0) is 6.61 Å². The van der Waals surface area contributed by atoms with Crippen molar-refractivity contribution in [2.24, 2.45) is 5.10 Å². The summed E-state index contributed by atoms with van der Waals surface area (Å²) in [7, 11) is 0. The Labute approximate surface area is 166 Å². The van der Waals surface area contributed by atoms with Crippen molar-refractivity contribution in [2.75, 3.05) is 18.6 Å². The number of benzene rings is 1. The van der Waals surface area contributed by atoms with Crippen LogP contribution in [-0.4, -0.2) is 46.3 Å². The Kier molecular flexibility index (Phi) is 8.64. The van der Waals surface area contributed by atoms with Gasteiger partial charge >= 0.3 is 0 Å². The summed E-state index contributed by atoms with van der Waals surface area (Å²) in [6.07, 6.45) is -0.586. The summed E-state index contributed by atoms with van der Waals surface area (Å²) in [5, 5.41) is 25.3. The minimum Gasteiger partial charge on any atom is -0.490 e. The van der Waals surface area contributed by atoms with Crippen LogP contribution in [0.5, 0.6) is 11.6 Å². The second-order valence-electron chi connectivity index (χ2n) is 6.85. The van der Waals surface area contributed by atoms with Crippen molar-refractivity contribution < 1.29 is 14.6 Å². The molecule has 28 heavy (non-hydrogen) atoms. The standard InChI is InChI=1S/C20H29N5O3/c1-14(2)21-11-17(26)13-27-18-8-6-5-7-16(18)12-28-20-10-9-19(24-25-20)23-22-15(3)4/h5-10,14,17,21,26H,11-13H2,1-4H3,(H,23,24). The molecular weight excluding hydrogens is 358 g/mol. The summed E-state index contributed by atoms with van der Waals surface area (Å²) >= 11 is 0. The van der Waals surface area contributed by atoms with Gasteiger partial charge in [0.2, 0.25) is 5.88 Å². The summed E-state index contributed by atoms with van der Waals surface area (Å²) in [6, 6.07) is 11.3. The Morgan fingerprint density at radius 3 is 2.57 bits per heavy atom. The van der Waals surface area contributed by atoms with Crippen molar-refractivity contribution >= 4 is 11.5 Å². The van der Waals surface area contributed by atoms with Crippen LogP contribution in [0.25, 0.3) is 0 Å². The third-order valence-electron chi connectivity index (χ3n) is 3.58. The SMILES string of the molecule is CC(C)=NNc1ccc(OCc2ccccc2OCC(O)CNC(C)C)nn1. The zero-order valence-corrected chi connectivity index (χ0v) is 16.8. The molecule has 1 aromatic carbocycles. The molecule has 1 aromatic heterocycles. The molecule has 0 aliphatic heterocycles. The number of nitrogens with one attached hydrogen (secondary N) is 2. The molecular formula is C20H29N5O3. The zero-order chi connectivity index (χ0) is 20.4. The van der Waals surface area contributed by atoms with Crippen LogP contribution in [0, 0.1) is 0 Å². The molecule has 0 saturated carbocycles. The van der Waals surface area contributed by atoms with Crippen molar-refractivity contribution in [3.8, 4) is 11.6 Å². The topological polar surface area (TPSA) is 101 Å². The largest absolute Gasteiger partial charge is 0.490 e. The second-order valence-corrected chi connectivity index (χ2v) is 6.85. The van der Waals surface area contributed by atoms with Crippen LogP contribution in [0.3, 0.4) is 0 Å². The van der Waals surface area contributed by atoms with Gasteiger partial charge in [0, 0.05) is 29.9 Å². The first-order chi connectivity index (χ1) is 13.4. The predicted octanol–water partition coefficient (Wildman–Crippen LogP) is 2.60. The van der Waals surface area contributed by atoms with Gasteiger partial charge in [-0.1, -0.05) is 32.0 Å². The van der Waals surface area contributed by atoms with Gasteiger partial charge in [-0.2, -0.15) is 5.10 Å². The first-order valence-electron chi connectivity index (χ1n) is 9.29. The molecule has 1 atom stereocenters. The number of aliphatic hydroxyl groups excluding tert-OH is 1. The molecule has 0 radical (unpaired) electrons.